The SMILES string of the molecule is CCOC(=O)[C@H](Cn1ccnc1)NC(=O)c1nc2ccc(Cl)cc2s1. The van der Waals surface area contributed by atoms with Gasteiger partial charge in [0, 0.05) is 17.4 Å². The molecule has 0 spiro atoms. The lowest BCUT2D eigenvalue weighted by Crippen LogP contribution is -2.44. The average molecular weight is 379 g/mol. The summed E-state index contributed by atoms with van der Waals surface area (Å²) in [5, 5.41) is 3.52. The van der Waals surface area contributed by atoms with Crippen molar-refractivity contribution in [3.8, 4) is 0 Å². The van der Waals surface area contributed by atoms with Crippen molar-refractivity contribution in [2.45, 2.75) is 19.5 Å². The molecule has 0 aliphatic carbocycles. The summed E-state index contributed by atoms with van der Waals surface area (Å²) in [4.78, 5) is 32.9. The van der Waals surface area contributed by atoms with Gasteiger partial charge in [0.1, 0.15) is 6.04 Å². The predicted octanol–water partition coefficient (Wildman–Crippen LogP) is 2.51. The zero-order chi connectivity index (χ0) is 17.8. The van der Waals surface area contributed by atoms with Crippen LogP contribution in [0.3, 0.4) is 0 Å². The molecule has 0 saturated heterocycles. The maximum atomic E-state index is 12.5. The van der Waals surface area contributed by atoms with Crippen molar-refractivity contribution in [2.75, 3.05) is 6.61 Å². The summed E-state index contributed by atoms with van der Waals surface area (Å²) in [7, 11) is 0. The number of carbonyl (C=O) groups is 2. The van der Waals surface area contributed by atoms with Crippen LogP contribution in [0.25, 0.3) is 10.2 Å². The minimum Gasteiger partial charge on any atom is -0.464 e. The van der Waals surface area contributed by atoms with E-state index in [0.717, 1.165) is 4.70 Å². The standard InChI is InChI=1S/C16H15ClN4O3S/c1-2-24-16(23)12(8-21-6-5-18-9-21)19-14(22)15-20-11-4-3-10(17)7-13(11)25-15/h3-7,9,12H,2,8H2,1H3,(H,19,22)/t12-/m0/s1. The Bertz CT molecular complexity index is 894. The van der Waals surface area contributed by atoms with E-state index >= 15 is 0 Å². The number of benzene rings is 1. The number of carbonyl (C=O) groups excluding carboxylic acids is 2. The number of rotatable bonds is 6. The number of ether oxygens (including phenoxy) is 1. The van der Waals surface area contributed by atoms with Crippen molar-refractivity contribution in [1.82, 2.24) is 19.9 Å². The normalized spacial score (nSPS) is 12.1. The molecule has 1 aromatic carbocycles. The van der Waals surface area contributed by atoms with Gasteiger partial charge in [0.25, 0.3) is 5.91 Å². The minimum atomic E-state index is -0.836. The Balaban J connectivity index is 1.79. The van der Waals surface area contributed by atoms with Crippen molar-refractivity contribution >= 4 is 45.0 Å². The maximum Gasteiger partial charge on any atom is 0.330 e. The highest BCUT2D eigenvalue weighted by Gasteiger charge is 2.24. The summed E-state index contributed by atoms with van der Waals surface area (Å²) in [6.45, 7) is 2.17. The van der Waals surface area contributed by atoms with Crippen molar-refractivity contribution in [3.05, 3.63) is 47.0 Å². The number of nitrogens with zero attached hydrogens (tertiary/aromatic N) is 3. The Morgan fingerprint density at radius 2 is 2.28 bits per heavy atom. The largest absolute Gasteiger partial charge is 0.464 e. The van der Waals surface area contributed by atoms with Gasteiger partial charge in [0.05, 0.1) is 29.7 Å². The quantitative estimate of drug-likeness (QED) is 0.666. The number of nitrogens with one attached hydrogen (secondary N) is 1. The van der Waals surface area contributed by atoms with Crippen LogP contribution in [0.15, 0.2) is 36.9 Å². The van der Waals surface area contributed by atoms with Crippen LogP contribution < -0.4 is 5.32 Å². The van der Waals surface area contributed by atoms with Gasteiger partial charge in [-0.2, -0.15) is 0 Å². The number of halogens is 1. The fraction of sp³-hybridized carbons (Fsp3) is 0.250. The van der Waals surface area contributed by atoms with Crippen LogP contribution in [-0.4, -0.2) is 39.1 Å². The Labute approximate surface area is 152 Å². The number of imidazole rings is 1. The van der Waals surface area contributed by atoms with Gasteiger partial charge in [0.2, 0.25) is 0 Å². The molecule has 0 saturated carbocycles. The van der Waals surface area contributed by atoms with Crippen LogP contribution in [0.5, 0.6) is 0 Å². The molecule has 0 aliphatic rings. The molecule has 0 unspecified atom stereocenters. The molecule has 0 radical (unpaired) electrons. The van der Waals surface area contributed by atoms with E-state index in [4.69, 9.17) is 16.3 Å². The minimum absolute atomic E-state index is 0.224. The second-order valence-electron chi connectivity index (χ2n) is 5.17. The molecule has 0 bridgehead atoms. The van der Waals surface area contributed by atoms with E-state index in [-0.39, 0.29) is 18.2 Å². The first-order chi connectivity index (χ1) is 12.1. The second kappa shape index (κ2) is 7.62. The van der Waals surface area contributed by atoms with E-state index in [0.29, 0.717) is 10.5 Å². The fourth-order valence-electron chi connectivity index (χ4n) is 2.24. The highest BCUT2D eigenvalue weighted by molar-refractivity contribution is 7.20. The molecule has 9 heteroatoms. The third kappa shape index (κ3) is 4.15. The van der Waals surface area contributed by atoms with E-state index in [2.05, 4.69) is 15.3 Å². The fourth-order valence-corrected chi connectivity index (χ4v) is 3.39. The molecule has 3 aromatic rings. The smallest absolute Gasteiger partial charge is 0.330 e. The Kier molecular flexibility index (Phi) is 5.30. The van der Waals surface area contributed by atoms with Crippen molar-refractivity contribution in [1.29, 1.82) is 0 Å². The molecule has 1 amide bonds. The lowest BCUT2D eigenvalue weighted by atomic mass is 10.3. The number of fused-ring (bicyclic) bond motifs is 1. The van der Waals surface area contributed by atoms with Crippen molar-refractivity contribution in [3.63, 3.8) is 0 Å². The number of aromatic nitrogens is 3. The topological polar surface area (TPSA) is 86.1 Å². The van der Waals surface area contributed by atoms with Gasteiger partial charge in [0.15, 0.2) is 5.01 Å². The second-order valence-corrected chi connectivity index (χ2v) is 6.64. The van der Waals surface area contributed by atoms with Gasteiger partial charge < -0.3 is 14.6 Å². The first-order valence-electron chi connectivity index (χ1n) is 7.56. The highest BCUT2D eigenvalue weighted by atomic mass is 35.5. The number of thiazole rings is 1. The molecular weight excluding hydrogens is 364 g/mol. The first-order valence-corrected chi connectivity index (χ1v) is 8.75. The molecule has 1 N–H and O–H groups in total. The molecular formula is C16H15ClN4O3S. The predicted molar refractivity (Wildman–Crippen MR) is 94.7 cm³/mol. The molecule has 2 aromatic heterocycles. The number of hydrogen-bond donors (Lipinski definition) is 1. The first kappa shape index (κ1) is 17.4. The number of amides is 1. The molecule has 0 fully saturated rings. The summed E-state index contributed by atoms with van der Waals surface area (Å²) >= 11 is 7.17. The lowest BCUT2D eigenvalue weighted by Gasteiger charge is -2.17. The van der Waals surface area contributed by atoms with Gasteiger partial charge in [-0.05, 0) is 25.1 Å². The third-order valence-electron chi connectivity index (χ3n) is 3.37. The summed E-state index contributed by atoms with van der Waals surface area (Å²) in [5.74, 6) is -0.941. The number of esters is 1. The summed E-state index contributed by atoms with van der Waals surface area (Å²) in [6, 6.07) is 4.38. The molecule has 3 rings (SSSR count). The Morgan fingerprint density at radius 3 is 3.00 bits per heavy atom. The van der Waals surface area contributed by atoms with Crippen LogP contribution in [0.2, 0.25) is 5.02 Å². The van der Waals surface area contributed by atoms with Gasteiger partial charge in [-0.25, -0.2) is 14.8 Å². The van der Waals surface area contributed by atoms with Crippen molar-refractivity contribution in [2.24, 2.45) is 0 Å². The monoisotopic (exact) mass is 378 g/mol. The van der Waals surface area contributed by atoms with Crippen LogP contribution >= 0.6 is 22.9 Å². The Morgan fingerprint density at radius 1 is 1.44 bits per heavy atom. The van der Waals surface area contributed by atoms with E-state index < -0.39 is 17.9 Å². The zero-order valence-electron chi connectivity index (χ0n) is 13.3. The van der Waals surface area contributed by atoms with Crippen LogP contribution in [0.4, 0.5) is 0 Å². The molecule has 25 heavy (non-hydrogen) atoms. The maximum absolute atomic E-state index is 12.5. The van der Waals surface area contributed by atoms with E-state index in [1.54, 1.807) is 48.4 Å². The van der Waals surface area contributed by atoms with E-state index in [1.807, 2.05) is 0 Å². The molecule has 7 nitrogen and oxygen atoms in total. The van der Waals surface area contributed by atoms with E-state index in [1.165, 1.54) is 11.3 Å². The summed E-state index contributed by atoms with van der Waals surface area (Å²) < 4.78 is 7.54. The summed E-state index contributed by atoms with van der Waals surface area (Å²) in [5.41, 5.74) is 0.682. The van der Waals surface area contributed by atoms with Gasteiger partial charge >= 0.3 is 5.97 Å². The molecule has 0 aliphatic heterocycles. The zero-order valence-corrected chi connectivity index (χ0v) is 14.9. The van der Waals surface area contributed by atoms with Crippen LogP contribution in [0.1, 0.15) is 16.7 Å². The average Bonchev–Trinajstić information content (AvgIpc) is 3.23. The molecule has 130 valence electrons. The van der Waals surface area contributed by atoms with Crippen LogP contribution in [0, 0.1) is 0 Å². The van der Waals surface area contributed by atoms with Crippen LogP contribution in [-0.2, 0) is 16.1 Å². The van der Waals surface area contributed by atoms with Gasteiger partial charge in [-0.15, -0.1) is 11.3 Å². The Hall–Kier alpha value is -2.45. The van der Waals surface area contributed by atoms with Crippen molar-refractivity contribution < 1.29 is 14.3 Å². The van der Waals surface area contributed by atoms with E-state index in [9.17, 15) is 9.59 Å². The lowest BCUT2D eigenvalue weighted by molar-refractivity contribution is -0.145. The highest BCUT2D eigenvalue weighted by Crippen LogP contribution is 2.25. The van der Waals surface area contributed by atoms with Gasteiger partial charge in [-0.3, -0.25) is 4.79 Å². The number of hydrogen-bond acceptors (Lipinski definition) is 6. The van der Waals surface area contributed by atoms with Gasteiger partial charge in [-0.1, -0.05) is 11.6 Å². The third-order valence-corrected chi connectivity index (χ3v) is 4.63. The summed E-state index contributed by atoms with van der Waals surface area (Å²) in [6.07, 6.45) is 4.87. The molecule has 2 heterocycles. The molecule has 1 atom stereocenters.